The first-order valence-corrected chi connectivity index (χ1v) is 8.86. The maximum absolute atomic E-state index is 4.66. The lowest BCUT2D eigenvalue weighted by atomic mass is 9.94. The summed E-state index contributed by atoms with van der Waals surface area (Å²) in [7, 11) is 0. The van der Waals surface area contributed by atoms with E-state index in [0.29, 0.717) is 12.1 Å². The van der Waals surface area contributed by atoms with Crippen LogP contribution in [0.15, 0.2) is 12.4 Å². The molecule has 2 aliphatic rings. The van der Waals surface area contributed by atoms with Gasteiger partial charge in [-0.2, -0.15) is 0 Å². The maximum atomic E-state index is 4.66. The van der Waals surface area contributed by atoms with Crippen LogP contribution in [0.1, 0.15) is 37.0 Å². The third kappa shape index (κ3) is 2.42. The summed E-state index contributed by atoms with van der Waals surface area (Å²) in [5.74, 6) is 1.16. The van der Waals surface area contributed by atoms with Crippen LogP contribution < -0.4 is 10.2 Å². The van der Waals surface area contributed by atoms with Crippen molar-refractivity contribution < 1.29 is 0 Å². The fourth-order valence-electron chi connectivity index (χ4n) is 3.87. The van der Waals surface area contributed by atoms with Crippen molar-refractivity contribution >= 4 is 27.4 Å². The van der Waals surface area contributed by atoms with Crippen LogP contribution in [0.5, 0.6) is 0 Å². The summed E-state index contributed by atoms with van der Waals surface area (Å²) in [4.78, 5) is 14.1. The van der Waals surface area contributed by atoms with Gasteiger partial charge >= 0.3 is 0 Å². The minimum Gasteiger partial charge on any atom is -0.351 e. The van der Waals surface area contributed by atoms with Gasteiger partial charge in [0.1, 0.15) is 17.0 Å². The fourth-order valence-corrected chi connectivity index (χ4v) is 4.71. The summed E-state index contributed by atoms with van der Waals surface area (Å²) >= 11 is 1.77. The van der Waals surface area contributed by atoms with Crippen molar-refractivity contribution in [3.8, 4) is 0 Å². The van der Waals surface area contributed by atoms with Gasteiger partial charge in [-0.15, -0.1) is 11.3 Å². The number of thiophene rings is 1. The predicted octanol–water partition coefficient (Wildman–Crippen LogP) is 3.11. The Balaban J connectivity index is 1.73. The lowest BCUT2D eigenvalue weighted by molar-refractivity contribution is 0.377. The third-order valence-corrected chi connectivity index (χ3v) is 5.77. The van der Waals surface area contributed by atoms with Crippen LogP contribution in [0.2, 0.25) is 0 Å². The van der Waals surface area contributed by atoms with Crippen molar-refractivity contribution in [3.63, 3.8) is 0 Å². The van der Waals surface area contributed by atoms with E-state index in [2.05, 4.69) is 33.2 Å². The van der Waals surface area contributed by atoms with Crippen LogP contribution in [0.25, 0.3) is 10.2 Å². The number of nitrogens with one attached hydrogen (secondary N) is 1. The van der Waals surface area contributed by atoms with Crippen LogP contribution in [0.4, 0.5) is 5.82 Å². The van der Waals surface area contributed by atoms with E-state index >= 15 is 0 Å². The number of nitrogens with zero attached hydrogens (tertiary/aromatic N) is 3. The first kappa shape index (κ1) is 13.5. The van der Waals surface area contributed by atoms with Crippen LogP contribution in [0.3, 0.4) is 0 Å². The van der Waals surface area contributed by atoms with E-state index in [1.807, 2.05) is 0 Å². The molecule has 4 heterocycles. The second-order valence-corrected chi connectivity index (χ2v) is 7.47. The predicted molar refractivity (Wildman–Crippen MR) is 88.2 cm³/mol. The van der Waals surface area contributed by atoms with Crippen LogP contribution in [-0.4, -0.2) is 35.1 Å². The summed E-state index contributed by atoms with van der Waals surface area (Å²) in [5.41, 5.74) is 0. The van der Waals surface area contributed by atoms with Gasteiger partial charge in [-0.05, 0) is 51.6 Å². The minimum atomic E-state index is 0.597. The molecule has 2 aromatic heterocycles. The van der Waals surface area contributed by atoms with Gasteiger partial charge < -0.3 is 10.2 Å². The lowest BCUT2D eigenvalue weighted by Gasteiger charge is -2.40. The largest absolute Gasteiger partial charge is 0.351 e. The zero-order valence-electron chi connectivity index (χ0n) is 12.5. The zero-order valence-corrected chi connectivity index (χ0v) is 13.3. The van der Waals surface area contributed by atoms with Gasteiger partial charge in [0.25, 0.3) is 0 Å². The quantitative estimate of drug-likeness (QED) is 0.925. The highest BCUT2D eigenvalue weighted by molar-refractivity contribution is 7.18. The van der Waals surface area contributed by atoms with Gasteiger partial charge in [0.15, 0.2) is 0 Å². The highest BCUT2D eigenvalue weighted by atomic mass is 32.1. The first-order chi connectivity index (χ1) is 10.3. The summed E-state index contributed by atoms with van der Waals surface area (Å²) < 4.78 is 0. The Kier molecular flexibility index (Phi) is 3.55. The molecular formula is C16H22N4S. The second kappa shape index (κ2) is 5.54. The third-order valence-electron chi connectivity index (χ3n) is 4.82. The van der Waals surface area contributed by atoms with Crippen LogP contribution in [0, 0.1) is 6.92 Å². The number of piperidine rings is 1. The van der Waals surface area contributed by atoms with Crippen molar-refractivity contribution in [1.29, 1.82) is 0 Å². The Morgan fingerprint density at radius 1 is 1.24 bits per heavy atom. The second-order valence-electron chi connectivity index (χ2n) is 6.23. The van der Waals surface area contributed by atoms with Crippen LogP contribution in [-0.2, 0) is 0 Å². The van der Waals surface area contributed by atoms with Crippen molar-refractivity contribution in [3.05, 3.63) is 17.3 Å². The molecule has 0 radical (unpaired) electrons. The molecule has 0 saturated carbocycles. The Morgan fingerprint density at radius 2 is 2.19 bits per heavy atom. The smallest absolute Gasteiger partial charge is 0.141 e. The molecule has 21 heavy (non-hydrogen) atoms. The van der Waals surface area contributed by atoms with E-state index in [4.69, 9.17) is 0 Å². The minimum absolute atomic E-state index is 0.597. The molecule has 112 valence electrons. The van der Waals surface area contributed by atoms with Gasteiger partial charge in [0, 0.05) is 23.5 Å². The number of aryl methyl sites for hydroxylation is 1. The Labute approximate surface area is 129 Å². The Hall–Kier alpha value is -1.20. The number of rotatable bonds is 2. The molecule has 2 aliphatic heterocycles. The maximum Gasteiger partial charge on any atom is 0.141 e. The summed E-state index contributed by atoms with van der Waals surface area (Å²) in [6, 6.07) is 3.48. The standard InChI is InChI=1S/C16H22N4S/c1-11-9-12-15(18-10-19-16(12)21-11)20-8-3-2-6-14(20)13-5-4-7-17-13/h9-10,13-14,17H,2-8H2,1H3. The van der Waals surface area contributed by atoms with E-state index in [9.17, 15) is 0 Å². The number of aromatic nitrogens is 2. The molecule has 0 aliphatic carbocycles. The highest BCUT2D eigenvalue weighted by Crippen LogP contribution is 2.34. The van der Waals surface area contributed by atoms with Gasteiger partial charge in [-0.25, -0.2) is 9.97 Å². The average Bonchev–Trinajstić information content (AvgIpc) is 3.15. The molecule has 1 N–H and O–H groups in total. The molecule has 2 atom stereocenters. The number of anilines is 1. The molecule has 4 rings (SSSR count). The molecule has 0 spiro atoms. The summed E-state index contributed by atoms with van der Waals surface area (Å²) in [6.07, 6.45) is 8.26. The number of hydrogen-bond donors (Lipinski definition) is 1. The summed E-state index contributed by atoms with van der Waals surface area (Å²) in [6.45, 7) is 4.46. The lowest BCUT2D eigenvalue weighted by Crippen LogP contribution is -2.50. The van der Waals surface area contributed by atoms with Crippen molar-refractivity contribution in [1.82, 2.24) is 15.3 Å². The van der Waals surface area contributed by atoms with E-state index in [1.54, 1.807) is 17.7 Å². The molecule has 4 nitrogen and oxygen atoms in total. The Morgan fingerprint density at radius 3 is 3.05 bits per heavy atom. The average molecular weight is 302 g/mol. The fraction of sp³-hybridized carbons (Fsp3) is 0.625. The molecule has 0 bridgehead atoms. The molecule has 2 fully saturated rings. The van der Waals surface area contributed by atoms with Crippen LogP contribution >= 0.6 is 11.3 Å². The van der Waals surface area contributed by atoms with E-state index in [0.717, 1.165) is 17.2 Å². The molecular weight excluding hydrogens is 280 g/mol. The highest BCUT2D eigenvalue weighted by Gasteiger charge is 2.33. The molecule has 0 amide bonds. The van der Waals surface area contributed by atoms with Crippen molar-refractivity contribution in [2.75, 3.05) is 18.0 Å². The Bertz CT molecular complexity index is 632. The monoisotopic (exact) mass is 302 g/mol. The SMILES string of the molecule is Cc1cc2c(N3CCCCC3C3CCCN3)ncnc2s1. The first-order valence-electron chi connectivity index (χ1n) is 8.04. The molecule has 5 heteroatoms. The van der Waals surface area contributed by atoms with E-state index < -0.39 is 0 Å². The van der Waals surface area contributed by atoms with Gasteiger partial charge in [-0.3, -0.25) is 0 Å². The number of hydrogen-bond acceptors (Lipinski definition) is 5. The van der Waals surface area contributed by atoms with Gasteiger partial charge in [-0.1, -0.05) is 0 Å². The zero-order chi connectivity index (χ0) is 14.2. The van der Waals surface area contributed by atoms with Gasteiger partial charge in [0.05, 0.1) is 5.39 Å². The molecule has 2 aromatic rings. The van der Waals surface area contributed by atoms with Gasteiger partial charge in [0.2, 0.25) is 0 Å². The van der Waals surface area contributed by atoms with E-state index in [1.165, 1.54) is 48.9 Å². The van der Waals surface area contributed by atoms with Crippen molar-refractivity contribution in [2.24, 2.45) is 0 Å². The topological polar surface area (TPSA) is 41.0 Å². The molecule has 2 unspecified atom stereocenters. The summed E-state index contributed by atoms with van der Waals surface area (Å²) in [5, 5.41) is 4.94. The van der Waals surface area contributed by atoms with Crippen molar-refractivity contribution in [2.45, 2.75) is 51.1 Å². The van der Waals surface area contributed by atoms with E-state index in [-0.39, 0.29) is 0 Å². The normalized spacial score (nSPS) is 26.6. The molecule has 2 saturated heterocycles. The number of fused-ring (bicyclic) bond motifs is 1. The molecule has 0 aromatic carbocycles.